The quantitative estimate of drug-likeness (QED) is 0.796. The third-order valence-corrected chi connectivity index (χ3v) is 4.18. The monoisotopic (exact) mass is 300 g/mol. The van der Waals surface area contributed by atoms with E-state index in [4.69, 9.17) is 4.52 Å². The van der Waals surface area contributed by atoms with Crippen LogP contribution in [0.5, 0.6) is 0 Å². The van der Waals surface area contributed by atoms with E-state index in [1.54, 1.807) is 6.92 Å². The second kappa shape index (κ2) is 5.14. The van der Waals surface area contributed by atoms with E-state index >= 15 is 0 Å². The zero-order valence-corrected chi connectivity index (χ0v) is 12.3. The Morgan fingerprint density at radius 3 is 2.52 bits per heavy atom. The molecule has 1 N–H and O–H groups in total. The van der Waals surface area contributed by atoms with E-state index in [2.05, 4.69) is 10.1 Å². The Labute approximate surface area is 124 Å². The maximum atomic E-state index is 11.5. The average Bonchev–Trinajstić information content (AvgIpc) is 3.04. The molecule has 6 heteroatoms. The normalized spacial score (nSPS) is 10.8. The summed E-state index contributed by atoms with van der Waals surface area (Å²) in [6.45, 7) is 3.61. The van der Waals surface area contributed by atoms with Gasteiger partial charge in [-0.2, -0.15) is 0 Å². The first-order valence-electron chi connectivity index (χ1n) is 6.30. The third kappa shape index (κ3) is 2.34. The van der Waals surface area contributed by atoms with Gasteiger partial charge in [0.05, 0.1) is 17.0 Å². The van der Waals surface area contributed by atoms with Crippen molar-refractivity contribution in [3.05, 3.63) is 46.7 Å². The van der Waals surface area contributed by atoms with E-state index in [0.29, 0.717) is 22.2 Å². The molecular formula is C15H12N2O3S. The van der Waals surface area contributed by atoms with Crippen LogP contribution in [0.15, 0.2) is 34.9 Å². The van der Waals surface area contributed by atoms with E-state index in [1.807, 2.05) is 37.3 Å². The molecule has 106 valence electrons. The van der Waals surface area contributed by atoms with Crippen LogP contribution in [0.25, 0.3) is 21.8 Å². The molecule has 0 bridgehead atoms. The van der Waals surface area contributed by atoms with Gasteiger partial charge in [0, 0.05) is 5.56 Å². The van der Waals surface area contributed by atoms with Crippen molar-refractivity contribution >= 4 is 17.3 Å². The van der Waals surface area contributed by atoms with Crippen LogP contribution in [-0.2, 0) is 0 Å². The van der Waals surface area contributed by atoms with Crippen LogP contribution < -0.4 is 0 Å². The van der Waals surface area contributed by atoms with E-state index in [-0.39, 0.29) is 4.88 Å². The number of hydrogen-bond donors (Lipinski definition) is 1. The maximum absolute atomic E-state index is 11.5. The van der Waals surface area contributed by atoms with E-state index in [0.717, 1.165) is 22.5 Å². The van der Waals surface area contributed by atoms with Crippen LogP contribution in [0.1, 0.15) is 21.1 Å². The molecule has 0 fully saturated rings. The zero-order valence-electron chi connectivity index (χ0n) is 11.5. The van der Waals surface area contributed by atoms with Crippen molar-refractivity contribution in [3.63, 3.8) is 0 Å². The fourth-order valence-corrected chi connectivity index (χ4v) is 3.22. The third-order valence-electron chi connectivity index (χ3n) is 3.12. The fraction of sp³-hybridized carbons (Fsp3) is 0.133. The molecule has 2 heterocycles. The van der Waals surface area contributed by atoms with Gasteiger partial charge < -0.3 is 9.63 Å². The lowest BCUT2D eigenvalue weighted by Gasteiger charge is -1.97. The van der Waals surface area contributed by atoms with Gasteiger partial charge in [0.15, 0.2) is 0 Å². The van der Waals surface area contributed by atoms with Crippen molar-refractivity contribution in [2.75, 3.05) is 0 Å². The number of aromatic carboxylic acids is 1. The summed E-state index contributed by atoms with van der Waals surface area (Å²) in [6.07, 6.45) is 0. The molecule has 0 unspecified atom stereocenters. The number of carbonyl (C=O) groups is 1. The topological polar surface area (TPSA) is 76.2 Å². The molecule has 2 aromatic heterocycles. The second-order valence-corrected chi connectivity index (χ2v) is 5.57. The number of aromatic nitrogens is 2. The molecule has 1 aromatic carbocycles. The standard InChI is InChI=1S/C15H12N2O3S/c1-8-11(9(2)20-17-8)14-16-12(13(21-14)15(18)19)10-6-4-3-5-7-10/h3-7H,1-2H3,(H,18,19). The minimum absolute atomic E-state index is 0.219. The summed E-state index contributed by atoms with van der Waals surface area (Å²) in [7, 11) is 0. The Hall–Kier alpha value is -2.47. The van der Waals surface area contributed by atoms with Crippen LogP contribution in [0, 0.1) is 13.8 Å². The first-order valence-corrected chi connectivity index (χ1v) is 7.12. The number of rotatable bonds is 3. The number of benzene rings is 1. The molecule has 3 aromatic rings. The Morgan fingerprint density at radius 1 is 1.24 bits per heavy atom. The van der Waals surface area contributed by atoms with Crippen LogP contribution in [0.4, 0.5) is 0 Å². The number of carboxylic acids is 1. The van der Waals surface area contributed by atoms with Gasteiger partial charge in [-0.15, -0.1) is 11.3 Å². The Kier molecular flexibility index (Phi) is 3.31. The average molecular weight is 300 g/mol. The highest BCUT2D eigenvalue weighted by atomic mass is 32.1. The number of aryl methyl sites for hydroxylation is 2. The van der Waals surface area contributed by atoms with Gasteiger partial charge in [0.1, 0.15) is 15.6 Å². The van der Waals surface area contributed by atoms with E-state index in [9.17, 15) is 9.90 Å². The minimum atomic E-state index is -0.982. The summed E-state index contributed by atoms with van der Waals surface area (Å²) < 4.78 is 5.13. The lowest BCUT2D eigenvalue weighted by Crippen LogP contribution is -1.95. The predicted octanol–water partition coefficient (Wildman–Crippen LogP) is 3.78. The molecule has 0 aliphatic rings. The number of hydrogen-bond acceptors (Lipinski definition) is 5. The highest BCUT2D eigenvalue weighted by Crippen LogP contribution is 2.36. The maximum Gasteiger partial charge on any atom is 0.348 e. The minimum Gasteiger partial charge on any atom is -0.477 e. The smallest absolute Gasteiger partial charge is 0.348 e. The van der Waals surface area contributed by atoms with Crippen molar-refractivity contribution in [2.45, 2.75) is 13.8 Å². The van der Waals surface area contributed by atoms with Crippen molar-refractivity contribution in [3.8, 4) is 21.8 Å². The van der Waals surface area contributed by atoms with Gasteiger partial charge in [-0.3, -0.25) is 0 Å². The van der Waals surface area contributed by atoms with E-state index < -0.39 is 5.97 Å². The molecular weight excluding hydrogens is 288 g/mol. The Balaban J connectivity index is 2.21. The fourth-order valence-electron chi connectivity index (χ4n) is 2.15. The summed E-state index contributed by atoms with van der Waals surface area (Å²) in [5.74, 6) is -0.345. The molecule has 0 saturated heterocycles. The Bertz CT molecular complexity index is 786. The van der Waals surface area contributed by atoms with Crippen LogP contribution in [-0.4, -0.2) is 21.2 Å². The van der Waals surface area contributed by atoms with Gasteiger partial charge in [0.2, 0.25) is 0 Å². The zero-order chi connectivity index (χ0) is 15.0. The summed E-state index contributed by atoms with van der Waals surface area (Å²) in [5.41, 5.74) is 2.73. The predicted molar refractivity (Wildman–Crippen MR) is 79.5 cm³/mol. The number of thiazole rings is 1. The summed E-state index contributed by atoms with van der Waals surface area (Å²) >= 11 is 1.14. The largest absolute Gasteiger partial charge is 0.477 e. The molecule has 3 rings (SSSR count). The summed E-state index contributed by atoms with van der Waals surface area (Å²) in [4.78, 5) is 16.2. The van der Waals surface area contributed by atoms with Gasteiger partial charge >= 0.3 is 5.97 Å². The summed E-state index contributed by atoms with van der Waals surface area (Å²) in [5, 5.41) is 13.9. The number of carboxylic acid groups (broad SMARTS) is 1. The SMILES string of the molecule is Cc1noc(C)c1-c1nc(-c2ccccc2)c(C(=O)O)s1. The van der Waals surface area contributed by atoms with Gasteiger partial charge in [-0.25, -0.2) is 9.78 Å². The highest BCUT2D eigenvalue weighted by Gasteiger charge is 2.22. The first kappa shape index (κ1) is 13.5. The molecule has 0 amide bonds. The molecule has 0 radical (unpaired) electrons. The molecule has 0 atom stereocenters. The highest BCUT2D eigenvalue weighted by molar-refractivity contribution is 7.17. The van der Waals surface area contributed by atoms with Gasteiger partial charge in [0.25, 0.3) is 0 Å². The van der Waals surface area contributed by atoms with Gasteiger partial charge in [-0.1, -0.05) is 35.5 Å². The van der Waals surface area contributed by atoms with Crippen molar-refractivity contribution in [2.24, 2.45) is 0 Å². The summed E-state index contributed by atoms with van der Waals surface area (Å²) in [6, 6.07) is 9.29. The first-order chi connectivity index (χ1) is 10.1. The lowest BCUT2D eigenvalue weighted by molar-refractivity contribution is 0.0702. The van der Waals surface area contributed by atoms with Crippen molar-refractivity contribution < 1.29 is 14.4 Å². The number of nitrogens with zero attached hydrogens (tertiary/aromatic N) is 2. The molecule has 0 spiro atoms. The van der Waals surface area contributed by atoms with Crippen molar-refractivity contribution in [1.29, 1.82) is 0 Å². The van der Waals surface area contributed by atoms with Crippen molar-refractivity contribution in [1.82, 2.24) is 10.1 Å². The van der Waals surface area contributed by atoms with Crippen LogP contribution in [0.3, 0.4) is 0 Å². The molecule has 0 saturated carbocycles. The van der Waals surface area contributed by atoms with Gasteiger partial charge in [-0.05, 0) is 13.8 Å². The van der Waals surface area contributed by atoms with E-state index in [1.165, 1.54) is 0 Å². The second-order valence-electron chi connectivity index (χ2n) is 4.57. The molecule has 0 aliphatic carbocycles. The van der Waals surface area contributed by atoms with Crippen LogP contribution >= 0.6 is 11.3 Å². The van der Waals surface area contributed by atoms with Crippen LogP contribution in [0.2, 0.25) is 0 Å². The molecule has 0 aliphatic heterocycles. The molecule has 5 nitrogen and oxygen atoms in total. The lowest BCUT2D eigenvalue weighted by atomic mass is 10.1. The molecule has 21 heavy (non-hydrogen) atoms. The Morgan fingerprint density at radius 2 is 1.95 bits per heavy atom.